The first-order chi connectivity index (χ1) is 7.66. The lowest BCUT2D eigenvalue weighted by atomic mass is 9.42. The lowest BCUT2D eigenvalue weighted by Gasteiger charge is -2.62. The molecule has 0 aliphatic heterocycles. The Morgan fingerprint density at radius 3 is 1.88 bits per heavy atom. The van der Waals surface area contributed by atoms with E-state index in [0.29, 0.717) is 17.1 Å². The topological polar surface area (TPSA) is 17.1 Å². The third-order valence-corrected chi connectivity index (χ3v) is 6.40. The van der Waals surface area contributed by atoms with Crippen molar-refractivity contribution in [3.8, 4) is 0 Å². The lowest BCUT2D eigenvalue weighted by molar-refractivity contribution is -0.156. The second-order valence-electron chi connectivity index (χ2n) is 7.35. The van der Waals surface area contributed by atoms with Gasteiger partial charge in [0.1, 0.15) is 5.78 Å². The van der Waals surface area contributed by atoms with Crippen LogP contribution < -0.4 is 0 Å². The van der Waals surface area contributed by atoms with E-state index in [4.69, 9.17) is 0 Å². The van der Waals surface area contributed by atoms with Gasteiger partial charge in [-0.15, -0.1) is 0 Å². The summed E-state index contributed by atoms with van der Waals surface area (Å²) in [5, 5.41) is 0. The second-order valence-corrected chi connectivity index (χ2v) is 7.35. The van der Waals surface area contributed by atoms with Crippen LogP contribution in [0.3, 0.4) is 0 Å². The largest absolute Gasteiger partial charge is 0.299 e. The van der Waals surface area contributed by atoms with Crippen LogP contribution in [0.2, 0.25) is 0 Å². The zero-order valence-electron chi connectivity index (χ0n) is 10.2. The molecule has 0 radical (unpaired) electrons. The van der Waals surface area contributed by atoms with E-state index in [9.17, 15) is 4.79 Å². The average Bonchev–Trinajstić information content (AvgIpc) is 2.23. The molecule has 5 saturated carbocycles. The Morgan fingerprint density at radius 1 is 1.00 bits per heavy atom. The minimum absolute atomic E-state index is 0.399. The zero-order valence-corrected chi connectivity index (χ0v) is 10.2. The van der Waals surface area contributed by atoms with Crippen molar-refractivity contribution in [1.82, 2.24) is 0 Å². The smallest absolute Gasteiger partial charge is 0.136 e. The van der Waals surface area contributed by atoms with Crippen LogP contribution in [0.5, 0.6) is 0 Å². The Kier molecular flexibility index (Phi) is 1.76. The molecule has 1 heteroatoms. The summed E-state index contributed by atoms with van der Waals surface area (Å²) in [4.78, 5) is 11.5. The Hall–Kier alpha value is -0.330. The fraction of sp³-hybridized carbons (Fsp3) is 0.933. The van der Waals surface area contributed by atoms with Crippen LogP contribution in [0, 0.1) is 35.0 Å². The van der Waals surface area contributed by atoms with E-state index in [1.807, 2.05) is 0 Å². The highest BCUT2D eigenvalue weighted by molar-refractivity contribution is 5.87. The predicted molar refractivity (Wildman–Crippen MR) is 62.9 cm³/mol. The van der Waals surface area contributed by atoms with Crippen LogP contribution in [-0.2, 0) is 4.79 Å². The van der Waals surface area contributed by atoms with Crippen molar-refractivity contribution in [2.24, 2.45) is 35.0 Å². The molecule has 1 nitrogen and oxygen atoms in total. The van der Waals surface area contributed by atoms with Gasteiger partial charge < -0.3 is 0 Å². The minimum atomic E-state index is 0.399. The summed E-state index contributed by atoms with van der Waals surface area (Å²) in [7, 11) is 0. The van der Waals surface area contributed by atoms with E-state index in [0.717, 1.165) is 30.1 Å². The molecule has 88 valence electrons. The van der Waals surface area contributed by atoms with Gasteiger partial charge in [0.2, 0.25) is 0 Å². The molecule has 0 aromatic heterocycles. The van der Waals surface area contributed by atoms with Crippen molar-refractivity contribution in [3.63, 3.8) is 0 Å². The number of hydrogen-bond acceptors (Lipinski definition) is 1. The number of carbonyl (C=O) groups is 1. The maximum Gasteiger partial charge on any atom is 0.136 e. The van der Waals surface area contributed by atoms with Gasteiger partial charge >= 0.3 is 0 Å². The summed E-state index contributed by atoms with van der Waals surface area (Å²) in [6.45, 7) is 2.19. The lowest BCUT2D eigenvalue weighted by Crippen LogP contribution is -2.55. The Labute approximate surface area is 98.0 Å². The SMILES string of the molecule is CC1C(=O)CC1C12CC3CC(CC(C3)C1)C2. The van der Waals surface area contributed by atoms with Crippen LogP contribution in [0.25, 0.3) is 0 Å². The molecule has 5 aliphatic carbocycles. The molecule has 2 atom stereocenters. The van der Waals surface area contributed by atoms with Gasteiger partial charge in [0.15, 0.2) is 0 Å². The van der Waals surface area contributed by atoms with Gasteiger partial charge in [0.05, 0.1) is 0 Å². The third kappa shape index (κ3) is 1.10. The molecule has 0 saturated heterocycles. The van der Waals surface area contributed by atoms with Crippen molar-refractivity contribution in [2.45, 2.75) is 51.9 Å². The molecule has 16 heavy (non-hydrogen) atoms. The quantitative estimate of drug-likeness (QED) is 0.659. The highest BCUT2D eigenvalue weighted by Crippen LogP contribution is 2.66. The van der Waals surface area contributed by atoms with Crippen molar-refractivity contribution in [3.05, 3.63) is 0 Å². The normalized spacial score (nSPS) is 58.8. The molecule has 0 spiro atoms. The molecule has 0 aromatic carbocycles. The van der Waals surface area contributed by atoms with E-state index in [1.165, 1.54) is 38.5 Å². The molecule has 0 amide bonds. The van der Waals surface area contributed by atoms with Gasteiger partial charge in [-0.1, -0.05) is 6.92 Å². The fourth-order valence-corrected chi connectivity index (χ4v) is 6.02. The van der Waals surface area contributed by atoms with Crippen LogP contribution in [0.4, 0.5) is 0 Å². The van der Waals surface area contributed by atoms with Gasteiger partial charge in [0.25, 0.3) is 0 Å². The summed E-state index contributed by atoms with van der Waals surface area (Å²) in [5.74, 6) is 4.82. The van der Waals surface area contributed by atoms with Gasteiger partial charge in [0, 0.05) is 12.3 Å². The molecule has 5 aliphatic rings. The Morgan fingerprint density at radius 2 is 1.50 bits per heavy atom. The minimum Gasteiger partial charge on any atom is -0.299 e. The van der Waals surface area contributed by atoms with Crippen LogP contribution >= 0.6 is 0 Å². The Bertz CT molecular complexity index is 308. The van der Waals surface area contributed by atoms with E-state index in [2.05, 4.69) is 6.92 Å². The highest BCUT2D eigenvalue weighted by atomic mass is 16.1. The summed E-state index contributed by atoms with van der Waals surface area (Å²) in [5.41, 5.74) is 0.627. The molecule has 0 N–H and O–H groups in total. The number of Topliss-reactive ketones (excluding diaryl/α,β-unsaturated/α-hetero) is 1. The first-order valence-corrected chi connectivity index (χ1v) is 7.19. The molecule has 5 fully saturated rings. The monoisotopic (exact) mass is 218 g/mol. The molecule has 0 heterocycles. The predicted octanol–water partition coefficient (Wildman–Crippen LogP) is 3.43. The van der Waals surface area contributed by atoms with Crippen LogP contribution in [0.1, 0.15) is 51.9 Å². The van der Waals surface area contributed by atoms with Crippen LogP contribution in [0.15, 0.2) is 0 Å². The van der Waals surface area contributed by atoms with Crippen molar-refractivity contribution >= 4 is 5.78 Å². The fourth-order valence-electron chi connectivity index (χ4n) is 6.02. The van der Waals surface area contributed by atoms with Crippen LogP contribution in [-0.4, -0.2) is 5.78 Å². The van der Waals surface area contributed by atoms with Crippen molar-refractivity contribution < 1.29 is 4.79 Å². The standard InChI is InChI=1S/C15H22O/c1-9-13(5-14(9)16)15-6-10-2-11(7-15)4-12(3-10)8-15/h9-13H,2-8H2,1H3. The summed E-state index contributed by atoms with van der Waals surface area (Å²) >= 11 is 0. The van der Waals surface area contributed by atoms with Crippen molar-refractivity contribution in [2.75, 3.05) is 0 Å². The molecule has 4 bridgehead atoms. The molecular weight excluding hydrogens is 196 g/mol. The maximum absolute atomic E-state index is 11.5. The number of carbonyl (C=O) groups excluding carboxylic acids is 1. The molecule has 2 unspecified atom stereocenters. The third-order valence-electron chi connectivity index (χ3n) is 6.40. The van der Waals surface area contributed by atoms with E-state index in [1.54, 1.807) is 0 Å². The van der Waals surface area contributed by atoms with E-state index in [-0.39, 0.29) is 0 Å². The van der Waals surface area contributed by atoms with Gasteiger partial charge in [-0.25, -0.2) is 0 Å². The van der Waals surface area contributed by atoms with Gasteiger partial charge in [-0.3, -0.25) is 4.79 Å². The summed E-state index contributed by atoms with van der Waals surface area (Å²) < 4.78 is 0. The number of rotatable bonds is 1. The van der Waals surface area contributed by atoms with E-state index < -0.39 is 0 Å². The summed E-state index contributed by atoms with van der Waals surface area (Å²) in [6.07, 6.45) is 9.91. The molecule has 0 aromatic rings. The first-order valence-electron chi connectivity index (χ1n) is 7.19. The first kappa shape index (κ1) is 9.67. The highest BCUT2D eigenvalue weighted by Gasteiger charge is 2.58. The Balaban J connectivity index is 1.64. The van der Waals surface area contributed by atoms with Crippen molar-refractivity contribution in [1.29, 1.82) is 0 Å². The zero-order chi connectivity index (χ0) is 10.9. The molecular formula is C15H22O. The summed E-state index contributed by atoms with van der Waals surface area (Å²) in [6, 6.07) is 0. The van der Waals surface area contributed by atoms with Gasteiger partial charge in [-0.2, -0.15) is 0 Å². The average molecular weight is 218 g/mol. The second kappa shape index (κ2) is 2.91. The van der Waals surface area contributed by atoms with Gasteiger partial charge in [-0.05, 0) is 67.6 Å². The molecule has 5 rings (SSSR count). The van der Waals surface area contributed by atoms with E-state index >= 15 is 0 Å². The maximum atomic E-state index is 11.5. The number of hydrogen-bond donors (Lipinski definition) is 0. The number of ketones is 1.